The first-order chi connectivity index (χ1) is 10.1. The van der Waals surface area contributed by atoms with Crippen LogP contribution in [0, 0.1) is 0 Å². The van der Waals surface area contributed by atoms with Gasteiger partial charge in [0.05, 0.1) is 17.3 Å². The third-order valence-corrected chi connectivity index (χ3v) is 3.91. The smallest absolute Gasteiger partial charge is 0.243 e. The van der Waals surface area contributed by atoms with Gasteiger partial charge in [-0.15, -0.1) is 0 Å². The zero-order valence-corrected chi connectivity index (χ0v) is 12.2. The van der Waals surface area contributed by atoms with Crippen LogP contribution in [0.1, 0.15) is 5.56 Å². The lowest BCUT2D eigenvalue weighted by atomic mass is 10.1. The highest BCUT2D eigenvalue weighted by atomic mass is 35.5. The number of fused-ring (bicyclic) bond motifs is 1. The standard InChI is InChI=1S/C16H16ClN3O/c17-13-3-1-2-4-14(13)19-16(21)10-20-8-7-11-5-6-12(18)9-15(11)20/h1-6,9H,7-8,10,18H2,(H,19,21). The Balaban J connectivity index is 1.70. The van der Waals surface area contributed by atoms with E-state index in [2.05, 4.69) is 5.32 Å². The van der Waals surface area contributed by atoms with E-state index in [4.69, 9.17) is 17.3 Å². The van der Waals surface area contributed by atoms with Crippen molar-refractivity contribution in [3.63, 3.8) is 0 Å². The number of halogens is 1. The second kappa shape index (κ2) is 5.66. The fourth-order valence-electron chi connectivity index (χ4n) is 2.55. The lowest BCUT2D eigenvalue weighted by Crippen LogP contribution is -2.32. The van der Waals surface area contributed by atoms with Gasteiger partial charge in [-0.3, -0.25) is 4.79 Å². The van der Waals surface area contributed by atoms with Gasteiger partial charge >= 0.3 is 0 Å². The van der Waals surface area contributed by atoms with Crippen molar-refractivity contribution in [2.45, 2.75) is 6.42 Å². The van der Waals surface area contributed by atoms with E-state index in [-0.39, 0.29) is 5.91 Å². The number of amides is 1. The number of anilines is 3. The molecule has 108 valence electrons. The van der Waals surface area contributed by atoms with Gasteiger partial charge in [-0.25, -0.2) is 0 Å². The Morgan fingerprint density at radius 2 is 2.10 bits per heavy atom. The highest BCUT2D eigenvalue weighted by molar-refractivity contribution is 6.33. The monoisotopic (exact) mass is 301 g/mol. The molecule has 0 radical (unpaired) electrons. The van der Waals surface area contributed by atoms with Crippen LogP contribution in [-0.2, 0) is 11.2 Å². The van der Waals surface area contributed by atoms with Crippen LogP contribution in [0.25, 0.3) is 0 Å². The molecular formula is C16H16ClN3O. The molecule has 3 N–H and O–H groups in total. The number of carbonyl (C=O) groups is 1. The molecule has 5 heteroatoms. The van der Waals surface area contributed by atoms with E-state index in [0.717, 1.165) is 18.7 Å². The maximum absolute atomic E-state index is 12.2. The van der Waals surface area contributed by atoms with Gasteiger partial charge in [-0.1, -0.05) is 29.8 Å². The maximum atomic E-state index is 12.2. The number of nitrogens with one attached hydrogen (secondary N) is 1. The van der Waals surface area contributed by atoms with Crippen LogP contribution in [-0.4, -0.2) is 19.0 Å². The SMILES string of the molecule is Nc1ccc2c(c1)N(CC(=O)Nc1ccccc1Cl)CC2. The van der Waals surface area contributed by atoms with Crippen LogP contribution in [0.4, 0.5) is 17.1 Å². The number of nitrogens with zero attached hydrogens (tertiary/aromatic N) is 1. The van der Waals surface area contributed by atoms with Gasteiger partial charge in [0.1, 0.15) is 0 Å². The minimum absolute atomic E-state index is 0.0848. The molecule has 0 saturated carbocycles. The Morgan fingerprint density at radius 3 is 2.90 bits per heavy atom. The predicted molar refractivity (Wildman–Crippen MR) is 86.9 cm³/mol. The molecule has 0 aliphatic carbocycles. The van der Waals surface area contributed by atoms with Crippen molar-refractivity contribution in [3.05, 3.63) is 53.1 Å². The molecule has 1 aliphatic heterocycles. The van der Waals surface area contributed by atoms with Gasteiger partial charge in [0, 0.05) is 17.9 Å². The van der Waals surface area contributed by atoms with Gasteiger partial charge < -0.3 is 16.0 Å². The van der Waals surface area contributed by atoms with Crippen LogP contribution in [0.2, 0.25) is 5.02 Å². The largest absolute Gasteiger partial charge is 0.399 e. The second-order valence-electron chi connectivity index (χ2n) is 5.09. The van der Waals surface area contributed by atoms with E-state index in [1.807, 2.05) is 35.2 Å². The molecule has 1 amide bonds. The molecule has 0 spiro atoms. The summed E-state index contributed by atoms with van der Waals surface area (Å²) in [5, 5.41) is 3.38. The Kier molecular flexibility index (Phi) is 3.71. The van der Waals surface area contributed by atoms with Gasteiger partial charge in [-0.2, -0.15) is 0 Å². The summed E-state index contributed by atoms with van der Waals surface area (Å²) >= 11 is 6.04. The topological polar surface area (TPSA) is 58.4 Å². The number of hydrogen-bond acceptors (Lipinski definition) is 3. The summed E-state index contributed by atoms with van der Waals surface area (Å²) in [6.45, 7) is 1.12. The van der Waals surface area contributed by atoms with E-state index in [9.17, 15) is 4.79 Å². The van der Waals surface area contributed by atoms with Crippen molar-refractivity contribution in [1.82, 2.24) is 0 Å². The molecule has 0 unspecified atom stereocenters. The summed E-state index contributed by atoms with van der Waals surface area (Å²) < 4.78 is 0. The summed E-state index contributed by atoms with van der Waals surface area (Å²) in [5.41, 5.74) is 9.45. The van der Waals surface area contributed by atoms with Crippen molar-refractivity contribution in [2.24, 2.45) is 0 Å². The number of rotatable bonds is 3. The predicted octanol–water partition coefficient (Wildman–Crippen LogP) is 2.92. The number of nitrogens with two attached hydrogens (primary N) is 1. The average molecular weight is 302 g/mol. The fraction of sp³-hybridized carbons (Fsp3) is 0.188. The van der Waals surface area contributed by atoms with Gasteiger partial charge in [0.2, 0.25) is 5.91 Å². The molecular weight excluding hydrogens is 286 g/mol. The van der Waals surface area contributed by atoms with Crippen LogP contribution >= 0.6 is 11.6 Å². The number of carbonyl (C=O) groups excluding carboxylic acids is 1. The molecule has 0 saturated heterocycles. The minimum atomic E-state index is -0.0848. The Morgan fingerprint density at radius 1 is 1.29 bits per heavy atom. The molecule has 2 aromatic carbocycles. The first-order valence-corrected chi connectivity index (χ1v) is 7.19. The van der Waals surface area contributed by atoms with Crippen LogP contribution in [0.15, 0.2) is 42.5 Å². The molecule has 0 atom stereocenters. The molecule has 1 aliphatic rings. The van der Waals surface area contributed by atoms with E-state index in [0.29, 0.717) is 22.9 Å². The van der Waals surface area contributed by atoms with E-state index in [1.165, 1.54) is 5.56 Å². The van der Waals surface area contributed by atoms with Crippen molar-refractivity contribution in [2.75, 3.05) is 29.0 Å². The summed E-state index contributed by atoms with van der Waals surface area (Å²) in [6, 6.07) is 13.1. The molecule has 21 heavy (non-hydrogen) atoms. The number of para-hydroxylation sites is 1. The van der Waals surface area contributed by atoms with Crippen LogP contribution in [0.5, 0.6) is 0 Å². The van der Waals surface area contributed by atoms with Crippen molar-refractivity contribution < 1.29 is 4.79 Å². The van der Waals surface area contributed by atoms with E-state index >= 15 is 0 Å². The van der Waals surface area contributed by atoms with Crippen molar-refractivity contribution in [3.8, 4) is 0 Å². The first kappa shape index (κ1) is 13.8. The number of nitrogen functional groups attached to an aromatic ring is 1. The molecule has 0 bridgehead atoms. The Labute approximate surface area is 128 Å². The maximum Gasteiger partial charge on any atom is 0.243 e. The van der Waals surface area contributed by atoms with E-state index in [1.54, 1.807) is 12.1 Å². The summed E-state index contributed by atoms with van der Waals surface area (Å²) in [5.74, 6) is -0.0848. The molecule has 0 fully saturated rings. The Bertz CT molecular complexity index is 687. The second-order valence-corrected chi connectivity index (χ2v) is 5.49. The van der Waals surface area contributed by atoms with Gasteiger partial charge in [0.15, 0.2) is 0 Å². The lowest BCUT2D eigenvalue weighted by Gasteiger charge is -2.19. The molecule has 0 aromatic heterocycles. The third-order valence-electron chi connectivity index (χ3n) is 3.58. The van der Waals surface area contributed by atoms with Gasteiger partial charge in [-0.05, 0) is 36.2 Å². The van der Waals surface area contributed by atoms with E-state index < -0.39 is 0 Å². The quantitative estimate of drug-likeness (QED) is 0.857. The third kappa shape index (κ3) is 2.95. The highest BCUT2D eigenvalue weighted by Gasteiger charge is 2.21. The summed E-state index contributed by atoms with van der Waals surface area (Å²) in [7, 11) is 0. The minimum Gasteiger partial charge on any atom is -0.399 e. The molecule has 3 rings (SSSR count). The molecule has 2 aromatic rings. The number of hydrogen-bond donors (Lipinski definition) is 2. The van der Waals surface area contributed by atoms with Crippen molar-refractivity contribution in [1.29, 1.82) is 0 Å². The highest BCUT2D eigenvalue weighted by Crippen LogP contribution is 2.29. The normalized spacial score (nSPS) is 13.1. The van der Waals surface area contributed by atoms with Crippen LogP contribution in [0.3, 0.4) is 0 Å². The van der Waals surface area contributed by atoms with Crippen LogP contribution < -0.4 is 16.0 Å². The van der Waals surface area contributed by atoms with Gasteiger partial charge in [0.25, 0.3) is 0 Å². The summed E-state index contributed by atoms with van der Waals surface area (Å²) in [6.07, 6.45) is 0.939. The lowest BCUT2D eigenvalue weighted by molar-refractivity contribution is -0.115. The zero-order valence-electron chi connectivity index (χ0n) is 11.5. The number of benzene rings is 2. The molecule has 4 nitrogen and oxygen atoms in total. The van der Waals surface area contributed by atoms with Crippen molar-refractivity contribution >= 4 is 34.6 Å². The summed E-state index contributed by atoms with van der Waals surface area (Å²) in [4.78, 5) is 14.2. The molecule has 1 heterocycles. The Hall–Kier alpha value is -2.20. The first-order valence-electron chi connectivity index (χ1n) is 6.81. The fourth-order valence-corrected chi connectivity index (χ4v) is 2.74. The average Bonchev–Trinajstić information content (AvgIpc) is 2.84. The zero-order chi connectivity index (χ0) is 14.8.